The molecule has 6 heteroatoms. The summed E-state index contributed by atoms with van der Waals surface area (Å²) in [5.41, 5.74) is 0.435. The minimum atomic E-state index is 0.0212. The normalized spacial score (nSPS) is 13.1. The highest BCUT2D eigenvalue weighted by Crippen LogP contribution is 2.41. The summed E-state index contributed by atoms with van der Waals surface area (Å²) in [4.78, 5) is 4.03. The van der Waals surface area contributed by atoms with Crippen LogP contribution in [0.15, 0.2) is 16.7 Å². The van der Waals surface area contributed by atoms with Crippen LogP contribution in [0.1, 0.15) is 5.82 Å². The molecule has 1 aliphatic rings. The van der Waals surface area contributed by atoms with Crippen molar-refractivity contribution in [1.29, 1.82) is 0 Å². The third kappa shape index (κ3) is 1.27. The monoisotopic (exact) mass is 220 g/mol. The molecular weight excluding hydrogens is 212 g/mol. The summed E-state index contributed by atoms with van der Waals surface area (Å²) in [5.74, 6) is 1.86. The van der Waals surface area contributed by atoms with Crippen molar-refractivity contribution in [2.24, 2.45) is 0 Å². The van der Waals surface area contributed by atoms with Crippen LogP contribution in [0.25, 0.3) is 11.5 Å². The van der Waals surface area contributed by atoms with E-state index in [9.17, 15) is 5.11 Å². The van der Waals surface area contributed by atoms with Crippen LogP contribution in [0.3, 0.4) is 0 Å². The van der Waals surface area contributed by atoms with E-state index in [1.807, 2.05) is 0 Å². The fourth-order valence-corrected chi connectivity index (χ4v) is 1.51. The second kappa shape index (κ2) is 3.13. The molecule has 1 aliphatic heterocycles. The molecule has 1 aromatic heterocycles. The summed E-state index contributed by atoms with van der Waals surface area (Å²) < 4.78 is 15.3. The van der Waals surface area contributed by atoms with Gasteiger partial charge in [-0.2, -0.15) is 4.98 Å². The molecule has 82 valence electrons. The second-order valence-electron chi connectivity index (χ2n) is 3.37. The Morgan fingerprint density at radius 1 is 1.25 bits per heavy atom. The van der Waals surface area contributed by atoms with Crippen LogP contribution in [-0.4, -0.2) is 22.0 Å². The Hall–Kier alpha value is -2.24. The lowest BCUT2D eigenvalue weighted by molar-refractivity contribution is 0.174. The largest absolute Gasteiger partial charge is 0.507 e. The van der Waals surface area contributed by atoms with E-state index in [0.717, 1.165) is 0 Å². The van der Waals surface area contributed by atoms with Crippen molar-refractivity contribution in [3.05, 3.63) is 18.0 Å². The van der Waals surface area contributed by atoms with Crippen LogP contribution >= 0.6 is 0 Å². The lowest BCUT2D eigenvalue weighted by Crippen LogP contribution is -1.92. The second-order valence-corrected chi connectivity index (χ2v) is 3.37. The van der Waals surface area contributed by atoms with E-state index < -0.39 is 0 Å². The third-order valence-corrected chi connectivity index (χ3v) is 2.25. The van der Waals surface area contributed by atoms with E-state index in [2.05, 4.69) is 10.1 Å². The average Bonchev–Trinajstić information content (AvgIpc) is 2.84. The van der Waals surface area contributed by atoms with Crippen LogP contribution in [-0.2, 0) is 0 Å². The van der Waals surface area contributed by atoms with Crippen LogP contribution < -0.4 is 9.47 Å². The molecule has 3 rings (SSSR count). The quantitative estimate of drug-likeness (QED) is 0.784. The maximum atomic E-state index is 9.77. The summed E-state index contributed by atoms with van der Waals surface area (Å²) in [6.07, 6.45) is 0. The number of aromatic nitrogens is 2. The number of rotatable bonds is 1. The van der Waals surface area contributed by atoms with E-state index >= 15 is 0 Å². The molecule has 1 aromatic carbocycles. The first kappa shape index (κ1) is 9.02. The third-order valence-electron chi connectivity index (χ3n) is 2.25. The molecule has 0 saturated carbocycles. The number of aryl methyl sites for hydroxylation is 1. The van der Waals surface area contributed by atoms with Gasteiger partial charge in [-0.3, -0.25) is 0 Å². The first-order valence-corrected chi connectivity index (χ1v) is 4.67. The number of fused-ring (bicyclic) bond motifs is 1. The molecule has 2 heterocycles. The fourth-order valence-electron chi connectivity index (χ4n) is 1.51. The zero-order chi connectivity index (χ0) is 11.1. The Kier molecular flexibility index (Phi) is 1.76. The van der Waals surface area contributed by atoms with Gasteiger partial charge in [0.05, 0.1) is 5.56 Å². The predicted octanol–water partition coefficient (Wildman–Crippen LogP) is 1.48. The molecular formula is C10H8N2O4. The maximum Gasteiger partial charge on any atom is 0.261 e. The molecule has 0 unspecified atom stereocenters. The SMILES string of the molecule is Cc1noc(-c2cc3c(cc2O)OCO3)n1. The summed E-state index contributed by atoms with van der Waals surface area (Å²) in [6.45, 7) is 1.86. The van der Waals surface area contributed by atoms with Gasteiger partial charge in [-0.05, 0) is 6.92 Å². The minimum absolute atomic E-state index is 0.0212. The van der Waals surface area contributed by atoms with Gasteiger partial charge in [0.15, 0.2) is 17.3 Å². The Morgan fingerprint density at radius 3 is 2.69 bits per heavy atom. The zero-order valence-electron chi connectivity index (χ0n) is 8.43. The van der Waals surface area contributed by atoms with Crippen molar-refractivity contribution in [2.75, 3.05) is 6.79 Å². The van der Waals surface area contributed by atoms with E-state index in [1.54, 1.807) is 13.0 Å². The standard InChI is InChI=1S/C10H8N2O4/c1-5-11-10(16-12-5)6-2-8-9(3-7(6)13)15-4-14-8/h2-3,13H,4H2,1H3. The van der Waals surface area contributed by atoms with Crippen molar-refractivity contribution in [2.45, 2.75) is 6.92 Å². The Labute approximate surface area is 90.4 Å². The number of phenolic OH excluding ortho intramolecular Hbond substituents is 1. The van der Waals surface area contributed by atoms with E-state index in [4.69, 9.17) is 14.0 Å². The predicted molar refractivity (Wildman–Crippen MR) is 52.3 cm³/mol. The molecule has 6 nitrogen and oxygen atoms in total. The zero-order valence-corrected chi connectivity index (χ0v) is 8.43. The number of phenols is 1. The van der Waals surface area contributed by atoms with E-state index in [1.165, 1.54) is 6.07 Å². The molecule has 1 N–H and O–H groups in total. The number of aromatic hydroxyl groups is 1. The average molecular weight is 220 g/mol. The number of hydrogen-bond acceptors (Lipinski definition) is 6. The lowest BCUT2D eigenvalue weighted by Gasteiger charge is -2.01. The number of ether oxygens (including phenoxy) is 2. The number of hydrogen-bond donors (Lipinski definition) is 1. The molecule has 0 spiro atoms. The van der Waals surface area contributed by atoms with Crippen LogP contribution in [0.4, 0.5) is 0 Å². The lowest BCUT2D eigenvalue weighted by atomic mass is 10.2. The minimum Gasteiger partial charge on any atom is -0.507 e. The Bertz CT molecular complexity index is 550. The molecule has 16 heavy (non-hydrogen) atoms. The topological polar surface area (TPSA) is 77.6 Å². The van der Waals surface area contributed by atoms with Gasteiger partial charge in [0, 0.05) is 12.1 Å². The van der Waals surface area contributed by atoms with Gasteiger partial charge >= 0.3 is 0 Å². The summed E-state index contributed by atoms with van der Waals surface area (Å²) >= 11 is 0. The van der Waals surface area contributed by atoms with Crippen molar-refractivity contribution >= 4 is 0 Å². The molecule has 0 radical (unpaired) electrons. The van der Waals surface area contributed by atoms with Crippen LogP contribution in [0.2, 0.25) is 0 Å². The van der Waals surface area contributed by atoms with Gasteiger partial charge in [-0.25, -0.2) is 0 Å². The molecule has 0 saturated heterocycles. The van der Waals surface area contributed by atoms with Gasteiger partial charge in [0.1, 0.15) is 5.75 Å². The summed E-state index contributed by atoms with van der Waals surface area (Å²) in [6, 6.07) is 3.09. The van der Waals surface area contributed by atoms with Crippen molar-refractivity contribution in [3.63, 3.8) is 0 Å². The van der Waals surface area contributed by atoms with Crippen molar-refractivity contribution < 1.29 is 19.1 Å². The Balaban J connectivity index is 2.14. The molecule has 2 aromatic rings. The highest BCUT2D eigenvalue weighted by Gasteiger charge is 2.20. The highest BCUT2D eigenvalue weighted by atomic mass is 16.7. The van der Waals surface area contributed by atoms with Gasteiger partial charge in [-0.15, -0.1) is 0 Å². The molecule has 0 atom stereocenters. The number of nitrogens with zero attached hydrogens (tertiary/aromatic N) is 2. The Morgan fingerprint density at radius 2 is 2.00 bits per heavy atom. The van der Waals surface area contributed by atoms with Crippen molar-refractivity contribution in [3.8, 4) is 28.7 Å². The molecule has 0 fully saturated rings. The highest BCUT2D eigenvalue weighted by molar-refractivity contribution is 5.68. The first-order chi connectivity index (χ1) is 7.74. The summed E-state index contributed by atoms with van der Waals surface area (Å²) in [7, 11) is 0. The maximum absolute atomic E-state index is 9.77. The first-order valence-electron chi connectivity index (χ1n) is 4.67. The molecule has 0 bridgehead atoms. The van der Waals surface area contributed by atoms with Crippen molar-refractivity contribution in [1.82, 2.24) is 10.1 Å². The van der Waals surface area contributed by atoms with Gasteiger partial charge in [0.2, 0.25) is 6.79 Å². The molecule has 0 amide bonds. The van der Waals surface area contributed by atoms with Crippen LogP contribution in [0, 0.1) is 6.92 Å². The van der Waals surface area contributed by atoms with Crippen LogP contribution in [0.5, 0.6) is 17.2 Å². The van der Waals surface area contributed by atoms with Gasteiger partial charge in [0.25, 0.3) is 5.89 Å². The number of benzene rings is 1. The summed E-state index contributed by atoms with van der Waals surface area (Å²) in [5, 5.41) is 13.4. The fraction of sp³-hybridized carbons (Fsp3) is 0.200. The van der Waals surface area contributed by atoms with E-state index in [-0.39, 0.29) is 18.4 Å². The molecule has 0 aliphatic carbocycles. The smallest absolute Gasteiger partial charge is 0.261 e. The van der Waals surface area contributed by atoms with E-state index in [0.29, 0.717) is 22.9 Å². The van der Waals surface area contributed by atoms with Gasteiger partial charge < -0.3 is 19.1 Å². The van der Waals surface area contributed by atoms with Gasteiger partial charge in [-0.1, -0.05) is 5.16 Å².